The molecule has 1 aliphatic rings. The van der Waals surface area contributed by atoms with Crippen molar-refractivity contribution in [1.82, 2.24) is 5.32 Å². The Balaban J connectivity index is 1.52. The summed E-state index contributed by atoms with van der Waals surface area (Å²) < 4.78 is 39.1. The molecule has 0 radical (unpaired) electrons. The monoisotopic (exact) mass is 452 g/mol. The first-order chi connectivity index (χ1) is 15.3. The maximum absolute atomic E-state index is 13.0. The van der Waals surface area contributed by atoms with Gasteiger partial charge in [-0.25, -0.2) is 8.42 Å². The number of carbonyl (C=O) groups is 1. The van der Waals surface area contributed by atoms with Crippen LogP contribution in [0, 0.1) is 6.92 Å². The van der Waals surface area contributed by atoms with E-state index in [2.05, 4.69) is 10.0 Å². The van der Waals surface area contributed by atoms with Crippen molar-refractivity contribution in [3.05, 3.63) is 83.4 Å². The average molecular weight is 453 g/mol. The summed E-state index contributed by atoms with van der Waals surface area (Å²) >= 11 is 0. The zero-order valence-electron chi connectivity index (χ0n) is 17.8. The van der Waals surface area contributed by atoms with E-state index in [0.717, 1.165) is 5.56 Å². The number of hydrogen-bond acceptors (Lipinski definition) is 5. The van der Waals surface area contributed by atoms with Gasteiger partial charge in [0.2, 0.25) is 0 Å². The van der Waals surface area contributed by atoms with Crippen LogP contribution in [0.4, 0.5) is 5.69 Å². The fourth-order valence-corrected chi connectivity index (χ4v) is 4.63. The van der Waals surface area contributed by atoms with Crippen LogP contribution < -0.4 is 19.5 Å². The average Bonchev–Trinajstić information content (AvgIpc) is 2.80. The van der Waals surface area contributed by atoms with Crippen LogP contribution in [-0.2, 0) is 10.0 Å². The Morgan fingerprint density at radius 3 is 2.41 bits per heavy atom. The van der Waals surface area contributed by atoms with E-state index in [-0.39, 0.29) is 16.8 Å². The molecule has 32 heavy (non-hydrogen) atoms. The van der Waals surface area contributed by atoms with Gasteiger partial charge >= 0.3 is 0 Å². The fraction of sp³-hybridized carbons (Fsp3) is 0.208. The second-order valence-corrected chi connectivity index (χ2v) is 9.18. The number of benzene rings is 3. The van der Waals surface area contributed by atoms with E-state index in [4.69, 9.17) is 9.47 Å². The zero-order chi connectivity index (χ0) is 22.7. The highest BCUT2D eigenvalue weighted by molar-refractivity contribution is 7.92. The van der Waals surface area contributed by atoms with Crippen molar-refractivity contribution in [3.63, 3.8) is 0 Å². The van der Waals surface area contributed by atoms with Gasteiger partial charge in [0.15, 0.2) is 11.5 Å². The summed E-state index contributed by atoms with van der Waals surface area (Å²) in [5, 5.41) is 2.97. The molecule has 166 valence electrons. The number of ether oxygens (including phenoxy) is 2. The van der Waals surface area contributed by atoms with Gasteiger partial charge < -0.3 is 14.8 Å². The Kier molecular flexibility index (Phi) is 6.05. The Bertz CT molecular complexity index is 1240. The summed E-state index contributed by atoms with van der Waals surface area (Å²) in [6.07, 6.45) is 0. The lowest BCUT2D eigenvalue weighted by Crippen LogP contribution is -2.28. The van der Waals surface area contributed by atoms with E-state index in [1.54, 1.807) is 43.3 Å². The number of carbonyl (C=O) groups excluding carboxylic acids is 1. The third-order valence-electron chi connectivity index (χ3n) is 5.29. The molecule has 1 amide bonds. The summed E-state index contributed by atoms with van der Waals surface area (Å²) in [4.78, 5) is 13.1. The maximum atomic E-state index is 13.0. The van der Waals surface area contributed by atoms with Gasteiger partial charge in [-0.1, -0.05) is 30.3 Å². The van der Waals surface area contributed by atoms with Crippen LogP contribution >= 0.6 is 0 Å². The van der Waals surface area contributed by atoms with Gasteiger partial charge in [0, 0.05) is 5.56 Å². The molecule has 0 saturated heterocycles. The molecule has 2 N–H and O–H groups in total. The SMILES string of the molecule is Cc1c(NS(=O)(=O)c2ccccc2)cccc1C(=O)N[C@H](C)c1ccc2c(c1)OCCO2. The number of nitrogens with one attached hydrogen (secondary N) is 2. The molecule has 8 heteroatoms. The molecule has 3 aromatic carbocycles. The van der Waals surface area contributed by atoms with Crippen molar-refractivity contribution in [2.45, 2.75) is 24.8 Å². The van der Waals surface area contributed by atoms with Crippen molar-refractivity contribution in [2.75, 3.05) is 17.9 Å². The zero-order valence-corrected chi connectivity index (χ0v) is 18.6. The Morgan fingerprint density at radius 2 is 1.66 bits per heavy atom. The van der Waals surface area contributed by atoms with E-state index in [9.17, 15) is 13.2 Å². The summed E-state index contributed by atoms with van der Waals surface area (Å²) in [6, 6.07) is 18.3. The summed E-state index contributed by atoms with van der Waals surface area (Å²) in [5.41, 5.74) is 2.16. The van der Waals surface area contributed by atoms with Crippen LogP contribution in [0.25, 0.3) is 0 Å². The number of sulfonamides is 1. The fourth-order valence-electron chi connectivity index (χ4n) is 3.48. The van der Waals surface area contributed by atoms with E-state index in [1.807, 2.05) is 25.1 Å². The number of amides is 1. The normalized spacial score (nSPS) is 13.8. The molecule has 0 bridgehead atoms. The van der Waals surface area contributed by atoms with Gasteiger partial charge in [0.1, 0.15) is 13.2 Å². The first kappa shape index (κ1) is 21.7. The topological polar surface area (TPSA) is 93.7 Å². The minimum absolute atomic E-state index is 0.154. The van der Waals surface area contributed by atoms with Gasteiger partial charge in [0.25, 0.3) is 15.9 Å². The molecule has 0 aliphatic carbocycles. The van der Waals surface area contributed by atoms with Gasteiger partial charge in [-0.05, 0) is 61.4 Å². The molecule has 0 unspecified atom stereocenters. The molecule has 1 atom stereocenters. The highest BCUT2D eigenvalue weighted by Gasteiger charge is 2.20. The highest BCUT2D eigenvalue weighted by Crippen LogP contribution is 2.32. The standard InChI is InChI=1S/C24H24N2O5S/c1-16-20(9-6-10-21(16)26-32(28,29)19-7-4-3-5-8-19)24(27)25-17(2)18-11-12-22-23(15-18)31-14-13-30-22/h3-12,15,17,26H,13-14H2,1-2H3,(H,25,27)/t17-/m1/s1. The van der Waals surface area contributed by atoms with Crippen molar-refractivity contribution in [2.24, 2.45) is 0 Å². The molecule has 0 aromatic heterocycles. The number of anilines is 1. The van der Waals surface area contributed by atoms with Crippen LogP contribution in [0.5, 0.6) is 11.5 Å². The molecule has 0 spiro atoms. The molecular weight excluding hydrogens is 428 g/mol. The van der Waals surface area contributed by atoms with Gasteiger partial charge in [-0.2, -0.15) is 0 Å². The molecule has 7 nitrogen and oxygen atoms in total. The number of hydrogen-bond donors (Lipinski definition) is 2. The molecule has 0 saturated carbocycles. The van der Waals surface area contributed by atoms with E-state index < -0.39 is 10.0 Å². The maximum Gasteiger partial charge on any atom is 0.261 e. The Morgan fingerprint density at radius 1 is 0.938 bits per heavy atom. The predicted molar refractivity (Wildman–Crippen MR) is 122 cm³/mol. The minimum Gasteiger partial charge on any atom is -0.486 e. The lowest BCUT2D eigenvalue weighted by atomic mass is 10.0. The van der Waals surface area contributed by atoms with E-state index >= 15 is 0 Å². The van der Waals surface area contributed by atoms with Gasteiger partial charge in [-0.3, -0.25) is 9.52 Å². The van der Waals surface area contributed by atoms with Crippen molar-refractivity contribution in [1.29, 1.82) is 0 Å². The minimum atomic E-state index is -3.76. The molecule has 1 aliphatic heterocycles. The summed E-state index contributed by atoms with van der Waals surface area (Å²) in [6.45, 7) is 4.59. The molecule has 1 heterocycles. The number of rotatable bonds is 6. The second kappa shape index (κ2) is 8.92. The lowest BCUT2D eigenvalue weighted by molar-refractivity contribution is 0.0939. The molecule has 3 aromatic rings. The molecular formula is C24H24N2O5S. The van der Waals surface area contributed by atoms with E-state index in [0.29, 0.717) is 41.5 Å². The summed E-state index contributed by atoms with van der Waals surface area (Å²) in [5.74, 6) is 1.04. The Hall–Kier alpha value is -3.52. The van der Waals surface area contributed by atoms with Crippen LogP contribution in [0.1, 0.15) is 34.5 Å². The molecule has 0 fully saturated rings. The van der Waals surface area contributed by atoms with Crippen LogP contribution in [0.3, 0.4) is 0 Å². The second-order valence-electron chi connectivity index (χ2n) is 7.49. The summed E-state index contributed by atoms with van der Waals surface area (Å²) in [7, 11) is -3.76. The van der Waals surface area contributed by atoms with Crippen molar-refractivity contribution >= 4 is 21.6 Å². The number of fused-ring (bicyclic) bond motifs is 1. The van der Waals surface area contributed by atoms with Crippen molar-refractivity contribution < 1.29 is 22.7 Å². The third kappa shape index (κ3) is 4.55. The van der Waals surface area contributed by atoms with Crippen molar-refractivity contribution in [3.8, 4) is 11.5 Å². The van der Waals surface area contributed by atoms with E-state index in [1.165, 1.54) is 12.1 Å². The van der Waals surface area contributed by atoms with Crippen LogP contribution in [0.15, 0.2) is 71.6 Å². The smallest absolute Gasteiger partial charge is 0.261 e. The van der Waals surface area contributed by atoms with Gasteiger partial charge in [0.05, 0.1) is 16.6 Å². The third-order valence-corrected chi connectivity index (χ3v) is 6.67. The van der Waals surface area contributed by atoms with Crippen LogP contribution in [-0.4, -0.2) is 27.5 Å². The largest absolute Gasteiger partial charge is 0.486 e. The predicted octanol–water partition coefficient (Wildman–Crippen LogP) is 4.06. The quantitative estimate of drug-likeness (QED) is 0.588. The first-order valence-corrected chi connectivity index (χ1v) is 11.7. The first-order valence-electron chi connectivity index (χ1n) is 10.2. The Labute approximate surface area is 187 Å². The highest BCUT2D eigenvalue weighted by atomic mass is 32.2. The van der Waals surface area contributed by atoms with Crippen LogP contribution in [0.2, 0.25) is 0 Å². The van der Waals surface area contributed by atoms with Gasteiger partial charge in [-0.15, -0.1) is 0 Å². The lowest BCUT2D eigenvalue weighted by Gasteiger charge is -2.21. The molecule has 4 rings (SSSR count).